The SMILES string of the molecule is CC(C)N(CC(=O)N1CCN(S(=O)(=O)c2ccccc2Cl)CC1)C1CCCC1. The van der Waals surface area contributed by atoms with Gasteiger partial charge in [-0.3, -0.25) is 9.69 Å². The monoisotopic (exact) mass is 427 g/mol. The lowest BCUT2D eigenvalue weighted by atomic mass is 10.1. The number of nitrogens with zero attached hydrogens (tertiary/aromatic N) is 3. The number of sulfonamides is 1. The highest BCUT2D eigenvalue weighted by Crippen LogP contribution is 2.26. The van der Waals surface area contributed by atoms with E-state index in [9.17, 15) is 13.2 Å². The first kappa shape index (κ1) is 21.6. The average Bonchev–Trinajstić information content (AvgIpc) is 3.20. The Morgan fingerprint density at radius 2 is 1.75 bits per heavy atom. The van der Waals surface area contributed by atoms with E-state index in [2.05, 4.69) is 18.7 Å². The minimum Gasteiger partial charge on any atom is -0.339 e. The molecule has 2 aliphatic rings. The maximum Gasteiger partial charge on any atom is 0.244 e. The molecule has 1 saturated carbocycles. The molecule has 156 valence electrons. The minimum atomic E-state index is -3.64. The van der Waals surface area contributed by atoms with Crippen LogP contribution in [-0.4, -0.2) is 73.2 Å². The molecule has 1 aromatic carbocycles. The number of hydrogen-bond acceptors (Lipinski definition) is 4. The quantitative estimate of drug-likeness (QED) is 0.700. The normalized spacial score (nSPS) is 19.7. The van der Waals surface area contributed by atoms with Gasteiger partial charge in [0.2, 0.25) is 15.9 Å². The molecule has 0 unspecified atom stereocenters. The van der Waals surface area contributed by atoms with Crippen molar-refractivity contribution in [3.05, 3.63) is 29.3 Å². The second-order valence-electron chi connectivity index (χ2n) is 7.92. The van der Waals surface area contributed by atoms with Crippen molar-refractivity contribution in [2.75, 3.05) is 32.7 Å². The van der Waals surface area contributed by atoms with Gasteiger partial charge in [0, 0.05) is 38.3 Å². The summed E-state index contributed by atoms with van der Waals surface area (Å²) in [6.07, 6.45) is 4.80. The lowest BCUT2D eigenvalue weighted by molar-refractivity contribution is -0.134. The van der Waals surface area contributed by atoms with E-state index < -0.39 is 10.0 Å². The van der Waals surface area contributed by atoms with Crippen LogP contribution in [0.15, 0.2) is 29.2 Å². The maximum absolute atomic E-state index is 12.9. The van der Waals surface area contributed by atoms with Gasteiger partial charge >= 0.3 is 0 Å². The number of benzene rings is 1. The van der Waals surface area contributed by atoms with Gasteiger partial charge < -0.3 is 4.90 Å². The van der Waals surface area contributed by atoms with Crippen LogP contribution in [0.25, 0.3) is 0 Å². The summed E-state index contributed by atoms with van der Waals surface area (Å²) in [6, 6.07) is 7.31. The van der Waals surface area contributed by atoms with E-state index in [-0.39, 0.29) is 15.8 Å². The Kier molecular flexibility index (Phi) is 7.02. The van der Waals surface area contributed by atoms with Gasteiger partial charge in [0.1, 0.15) is 4.90 Å². The molecule has 0 radical (unpaired) electrons. The summed E-state index contributed by atoms with van der Waals surface area (Å²) in [5.41, 5.74) is 0. The largest absolute Gasteiger partial charge is 0.339 e. The van der Waals surface area contributed by atoms with Crippen LogP contribution in [0.3, 0.4) is 0 Å². The molecule has 0 aromatic heterocycles. The highest BCUT2D eigenvalue weighted by atomic mass is 35.5. The Morgan fingerprint density at radius 1 is 1.14 bits per heavy atom. The standard InChI is InChI=1S/C20H30ClN3O3S/c1-16(2)24(17-7-3-4-8-17)15-20(25)22-11-13-23(14-12-22)28(26,27)19-10-6-5-9-18(19)21/h5-6,9-10,16-17H,3-4,7-8,11-15H2,1-2H3. The molecule has 0 N–H and O–H groups in total. The molecule has 1 aliphatic carbocycles. The second kappa shape index (κ2) is 9.11. The average molecular weight is 428 g/mol. The fourth-order valence-corrected chi connectivity index (χ4v) is 6.11. The first-order valence-electron chi connectivity index (χ1n) is 10.1. The van der Waals surface area contributed by atoms with E-state index in [1.165, 1.54) is 23.2 Å². The molecule has 8 heteroatoms. The predicted molar refractivity (Wildman–Crippen MR) is 111 cm³/mol. The smallest absolute Gasteiger partial charge is 0.244 e. The van der Waals surface area contributed by atoms with Crippen LogP contribution >= 0.6 is 11.6 Å². The molecule has 6 nitrogen and oxygen atoms in total. The summed E-state index contributed by atoms with van der Waals surface area (Å²) in [5.74, 6) is 0.0930. The molecule has 0 spiro atoms. The van der Waals surface area contributed by atoms with Crippen LogP contribution in [0, 0.1) is 0 Å². The van der Waals surface area contributed by atoms with E-state index in [0.717, 1.165) is 12.8 Å². The van der Waals surface area contributed by atoms with Crippen LogP contribution in [0.4, 0.5) is 0 Å². The van der Waals surface area contributed by atoms with Crippen LogP contribution < -0.4 is 0 Å². The zero-order valence-corrected chi connectivity index (χ0v) is 18.3. The Balaban J connectivity index is 1.60. The number of amides is 1. The summed E-state index contributed by atoms with van der Waals surface area (Å²) in [4.78, 5) is 17.1. The molecule has 3 rings (SSSR count). The zero-order chi connectivity index (χ0) is 20.3. The molecule has 0 atom stereocenters. The van der Waals surface area contributed by atoms with Crippen LogP contribution in [0.5, 0.6) is 0 Å². The highest BCUT2D eigenvalue weighted by Gasteiger charge is 2.33. The predicted octanol–water partition coefficient (Wildman–Crippen LogP) is 2.83. The fourth-order valence-electron chi connectivity index (χ4n) is 4.20. The van der Waals surface area contributed by atoms with Crippen LogP contribution in [0.1, 0.15) is 39.5 Å². The highest BCUT2D eigenvalue weighted by molar-refractivity contribution is 7.89. The number of carbonyl (C=O) groups excluding carboxylic acids is 1. The van der Waals surface area contributed by atoms with Crippen molar-refractivity contribution in [1.82, 2.24) is 14.1 Å². The third kappa shape index (κ3) is 4.70. The first-order valence-corrected chi connectivity index (χ1v) is 11.9. The second-order valence-corrected chi connectivity index (χ2v) is 10.2. The molecule has 1 heterocycles. The third-order valence-electron chi connectivity index (χ3n) is 5.82. The van der Waals surface area contributed by atoms with Gasteiger partial charge in [0.25, 0.3) is 0 Å². The molecule has 1 aromatic rings. The number of carbonyl (C=O) groups is 1. The third-order valence-corrected chi connectivity index (χ3v) is 8.22. The minimum absolute atomic E-state index is 0.0930. The number of halogens is 1. The van der Waals surface area contributed by atoms with Gasteiger partial charge in [-0.15, -0.1) is 0 Å². The molecule has 1 amide bonds. The van der Waals surface area contributed by atoms with Gasteiger partial charge in [0.05, 0.1) is 11.6 Å². The van der Waals surface area contributed by atoms with Crippen molar-refractivity contribution >= 4 is 27.5 Å². The molecule has 1 saturated heterocycles. The van der Waals surface area contributed by atoms with Gasteiger partial charge in [-0.1, -0.05) is 36.6 Å². The molecule has 0 bridgehead atoms. The Hall–Kier alpha value is -1.15. The summed E-state index contributed by atoms with van der Waals surface area (Å²) < 4.78 is 27.1. The zero-order valence-electron chi connectivity index (χ0n) is 16.7. The summed E-state index contributed by atoms with van der Waals surface area (Å²) in [5, 5.41) is 0.227. The summed E-state index contributed by atoms with van der Waals surface area (Å²) in [7, 11) is -3.64. The van der Waals surface area contributed by atoms with Gasteiger partial charge in [-0.2, -0.15) is 4.31 Å². The number of rotatable bonds is 6. The van der Waals surface area contributed by atoms with Crippen molar-refractivity contribution in [3.8, 4) is 0 Å². The topological polar surface area (TPSA) is 60.9 Å². The van der Waals surface area contributed by atoms with Gasteiger partial charge in [-0.25, -0.2) is 8.42 Å². The van der Waals surface area contributed by atoms with Crippen molar-refractivity contribution in [2.45, 2.75) is 56.5 Å². The number of hydrogen-bond donors (Lipinski definition) is 0. The van der Waals surface area contributed by atoms with E-state index in [1.54, 1.807) is 23.1 Å². The Labute approximate surface area is 173 Å². The Bertz CT molecular complexity index is 786. The lowest BCUT2D eigenvalue weighted by Crippen LogP contribution is -2.54. The maximum atomic E-state index is 12.9. The Morgan fingerprint density at radius 3 is 2.32 bits per heavy atom. The molecule has 28 heavy (non-hydrogen) atoms. The molecule has 2 fully saturated rings. The van der Waals surface area contributed by atoms with Crippen molar-refractivity contribution < 1.29 is 13.2 Å². The van der Waals surface area contributed by atoms with Crippen molar-refractivity contribution in [3.63, 3.8) is 0 Å². The number of piperazine rings is 1. The van der Waals surface area contributed by atoms with E-state index in [4.69, 9.17) is 11.6 Å². The summed E-state index contributed by atoms with van der Waals surface area (Å²) >= 11 is 6.08. The van der Waals surface area contributed by atoms with E-state index >= 15 is 0 Å². The lowest BCUT2D eigenvalue weighted by Gasteiger charge is -2.37. The summed E-state index contributed by atoms with van der Waals surface area (Å²) in [6.45, 7) is 6.12. The first-order chi connectivity index (χ1) is 13.3. The molecular weight excluding hydrogens is 398 g/mol. The van der Waals surface area contributed by atoms with E-state index in [0.29, 0.717) is 44.8 Å². The van der Waals surface area contributed by atoms with Crippen molar-refractivity contribution in [1.29, 1.82) is 0 Å². The van der Waals surface area contributed by atoms with Crippen LogP contribution in [-0.2, 0) is 14.8 Å². The van der Waals surface area contributed by atoms with Gasteiger partial charge in [-0.05, 0) is 38.8 Å². The van der Waals surface area contributed by atoms with E-state index in [1.807, 2.05) is 0 Å². The fraction of sp³-hybridized carbons (Fsp3) is 0.650. The molecular formula is C20H30ClN3O3S. The van der Waals surface area contributed by atoms with Crippen molar-refractivity contribution in [2.24, 2.45) is 0 Å². The van der Waals surface area contributed by atoms with Gasteiger partial charge in [0.15, 0.2) is 0 Å². The van der Waals surface area contributed by atoms with Crippen LogP contribution in [0.2, 0.25) is 5.02 Å². The molecule has 1 aliphatic heterocycles.